The molecule has 0 amide bonds. The number of halogens is 2. The van der Waals surface area contributed by atoms with Gasteiger partial charge in [-0.3, -0.25) is 4.68 Å². The molecule has 2 heterocycles. The largest absolute Gasteiger partial charge is 0.310 e. The van der Waals surface area contributed by atoms with Crippen LogP contribution < -0.4 is 5.32 Å². The minimum Gasteiger partial charge on any atom is -0.310 e. The van der Waals surface area contributed by atoms with Gasteiger partial charge in [0.25, 0.3) is 0 Å². The molecule has 2 aromatic heterocycles. The van der Waals surface area contributed by atoms with E-state index in [4.69, 9.17) is 23.2 Å². The highest BCUT2D eigenvalue weighted by molar-refractivity contribution is 7.20. The fourth-order valence-electron chi connectivity index (χ4n) is 2.27. The molecule has 0 bridgehead atoms. The van der Waals surface area contributed by atoms with Gasteiger partial charge in [-0.2, -0.15) is 5.10 Å². The average Bonchev–Trinajstić information content (AvgIpc) is 2.92. The molecule has 0 aliphatic heterocycles. The Morgan fingerprint density at radius 3 is 2.60 bits per heavy atom. The number of thiophene rings is 1. The van der Waals surface area contributed by atoms with E-state index >= 15 is 0 Å². The summed E-state index contributed by atoms with van der Waals surface area (Å²) in [7, 11) is 1.99. The second-order valence-electron chi connectivity index (χ2n) is 4.70. The Morgan fingerprint density at radius 1 is 1.35 bits per heavy atom. The van der Waals surface area contributed by atoms with E-state index in [2.05, 4.69) is 30.3 Å². The predicted octanol–water partition coefficient (Wildman–Crippen LogP) is 4.24. The van der Waals surface area contributed by atoms with Crippen LogP contribution in [0.4, 0.5) is 0 Å². The van der Waals surface area contributed by atoms with Gasteiger partial charge in [0.15, 0.2) is 0 Å². The van der Waals surface area contributed by atoms with E-state index in [-0.39, 0.29) is 6.04 Å². The molecule has 0 fully saturated rings. The molecule has 0 saturated carbocycles. The summed E-state index contributed by atoms with van der Waals surface area (Å²) in [5.74, 6) is 0. The van der Waals surface area contributed by atoms with Crippen molar-refractivity contribution < 1.29 is 0 Å². The van der Waals surface area contributed by atoms with Crippen molar-refractivity contribution >= 4 is 34.5 Å². The first-order chi connectivity index (χ1) is 9.55. The Balaban J connectivity index is 2.25. The van der Waals surface area contributed by atoms with Crippen LogP contribution in [0.3, 0.4) is 0 Å². The Hall–Kier alpha value is -0.550. The normalized spacial score (nSPS) is 12.8. The van der Waals surface area contributed by atoms with Gasteiger partial charge in [0, 0.05) is 30.8 Å². The maximum absolute atomic E-state index is 6.29. The predicted molar refractivity (Wildman–Crippen MR) is 87.0 cm³/mol. The molecule has 2 rings (SSSR count). The minimum atomic E-state index is 0.163. The number of aromatic nitrogens is 2. The topological polar surface area (TPSA) is 29.9 Å². The molecule has 3 nitrogen and oxygen atoms in total. The van der Waals surface area contributed by atoms with Crippen molar-refractivity contribution in [1.82, 2.24) is 15.1 Å². The smallest absolute Gasteiger partial charge is 0.0992 e. The van der Waals surface area contributed by atoms with Gasteiger partial charge in [0.05, 0.1) is 14.4 Å². The van der Waals surface area contributed by atoms with Crippen LogP contribution in [0.1, 0.15) is 36.8 Å². The lowest BCUT2D eigenvalue weighted by molar-refractivity contribution is 0.530. The second kappa shape index (κ2) is 6.94. The van der Waals surface area contributed by atoms with Crippen molar-refractivity contribution in [3.05, 3.63) is 37.8 Å². The first kappa shape index (κ1) is 15.8. The summed E-state index contributed by atoms with van der Waals surface area (Å²) < 4.78 is 3.44. The Kier molecular flexibility index (Phi) is 5.49. The van der Waals surface area contributed by atoms with Crippen molar-refractivity contribution in [3.63, 3.8) is 0 Å². The molecule has 1 unspecified atom stereocenters. The highest BCUT2D eigenvalue weighted by Gasteiger charge is 2.19. The van der Waals surface area contributed by atoms with Crippen molar-refractivity contribution in [2.24, 2.45) is 7.05 Å². The number of rotatable bonds is 6. The average molecular weight is 332 g/mol. The van der Waals surface area contributed by atoms with Gasteiger partial charge >= 0.3 is 0 Å². The molecule has 0 aliphatic rings. The number of hydrogen-bond acceptors (Lipinski definition) is 3. The van der Waals surface area contributed by atoms with E-state index in [1.807, 2.05) is 17.8 Å². The third-order valence-corrected chi connectivity index (χ3v) is 4.83. The van der Waals surface area contributed by atoms with Crippen molar-refractivity contribution in [2.75, 3.05) is 6.54 Å². The Labute approximate surface area is 133 Å². The molecule has 0 radical (unpaired) electrons. The van der Waals surface area contributed by atoms with Crippen molar-refractivity contribution in [3.8, 4) is 0 Å². The van der Waals surface area contributed by atoms with Gasteiger partial charge in [-0.05, 0) is 25.1 Å². The van der Waals surface area contributed by atoms with E-state index in [9.17, 15) is 0 Å². The number of nitrogens with one attached hydrogen (secondary N) is 1. The summed E-state index contributed by atoms with van der Waals surface area (Å²) in [6.07, 6.45) is 1.80. The van der Waals surface area contributed by atoms with Gasteiger partial charge in [-0.1, -0.05) is 37.0 Å². The zero-order valence-electron chi connectivity index (χ0n) is 11.9. The maximum atomic E-state index is 6.29. The monoisotopic (exact) mass is 331 g/mol. The molecule has 2 aromatic rings. The molecule has 0 aromatic carbocycles. The molecular weight excluding hydrogens is 313 g/mol. The standard InChI is InChI=1S/C14H19Cl2N3S/c1-4-9-6-10(19(3)18-9)7-12(17-5-2)11-8-13(15)20-14(11)16/h6,8,12,17H,4-5,7H2,1-3H3. The van der Waals surface area contributed by atoms with Gasteiger partial charge in [-0.15, -0.1) is 11.3 Å². The fraction of sp³-hybridized carbons (Fsp3) is 0.500. The third kappa shape index (κ3) is 3.55. The van der Waals surface area contributed by atoms with Crippen LogP contribution in [0.5, 0.6) is 0 Å². The maximum Gasteiger partial charge on any atom is 0.0992 e. The van der Waals surface area contributed by atoms with E-state index in [1.165, 1.54) is 17.0 Å². The van der Waals surface area contributed by atoms with Crippen LogP contribution in [-0.4, -0.2) is 16.3 Å². The van der Waals surface area contributed by atoms with Crippen LogP contribution in [-0.2, 0) is 19.9 Å². The molecule has 0 spiro atoms. The summed E-state index contributed by atoms with van der Waals surface area (Å²) in [6, 6.07) is 4.28. The van der Waals surface area contributed by atoms with Gasteiger partial charge in [0.2, 0.25) is 0 Å². The van der Waals surface area contributed by atoms with Gasteiger partial charge in [-0.25, -0.2) is 0 Å². The zero-order valence-corrected chi connectivity index (χ0v) is 14.2. The molecule has 20 heavy (non-hydrogen) atoms. The molecule has 6 heteroatoms. The highest BCUT2D eigenvalue weighted by atomic mass is 35.5. The molecule has 0 saturated heterocycles. The van der Waals surface area contributed by atoms with Crippen molar-refractivity contribution in [2.45, 2.75) is 32.7 Å². The van der Waals surface area contributed by atoms with Gasteiger partial charge < -0.3 is 5.32 Å². The lowest BCUT2D eigenvalue weighted by atomic mass is 10.0. The fourth-order valence-corrected chi connectivity index (χ4v) is 3.85. The SMILES string of the molecule is CCNC(Cc1cc(CC)nn1C)c1cc(Cl)sc1Cl. The molecular formula is C14H19Cl2N3S. The summed E-state index contributed by atoms with van der Waals surface area (Å²) in [4.78, 5) is 0. The van der Waals surface area contributed by atoms with E-state index < -0.39 is 0 Å². The third-order valence-electron chi connectivity index (χ3n) is 3.31. The minimum absolute atomic E-state index is 0.163. The van der Waals surface area contributed by atoms with Crippen molar-refractivity contribution in [1.29, 1.82) is 0 Å². The summed E-state index contributed by atoms with van der Waals surface area (Å²) in [5.41, 5.74) is 3.39. The van der Waals surface area contributed by atoms with Crippen LogP contribution in [0.15, 0.2) is 12.1 Å². The summed E-state index contributed by atoms with van der Waals surface area (Å²) in [5, 5.41) is 7.97. The Morgan fingerprint density at radius 2 is 2.10 bits per heavy atom. The summed E-state index contributed by atoms with van der Waals surface area (Å²) >= 11 is 13.8. The van der Waals surface area contributed by atoms with E-state index in [0.29, 0.717) is 0 Å². The van der Waals surface area contributed by atoms with Crippen LogP contribution >= 0.6 is 34.5 Å². The van der Waals surface area contributed by atoms with E-state index in [1.54, 1.807) is 0 Å². The van der Waals surface area contributed by atoms with Crippen LogP contribution in [0.2, 0.25) is 8.67 Å². The zero-order chi connectivity index (χ0) is 14.7. The lowest BCUT2D eigenvalue weighted by Gasteiger charge is -2.17. The van der Waals surface area contributed by atoms with E-state index in [0.717, 1.165) is 39.3 Å². The molecule has 1 atom stereocenters. The number of nitrogens with zero attached hydrogens (tertiary/aromatic N) is 2. The van der Waals surface area contributed by atoms with Gasteiger partial charge in [0.1, 0.15) is 0 Å². The summed E-state index contributed by atoms with van der Waals surface area (Å²) in [6.45, 7) is 5.09. The number of hydrogen-bond donors (Lipinski definition) is 1. The van der Waals surface area contributed by atoms with Crippen LogP contribution in [0.25, 0.3) is 0 Å². The second-order valence-corrected chi connectivity index (χ2v) is 6.98. The number of likely N-dealkylation sites (N-methyl/N-ethyl adjacent to an activating group) is 1. The lowest BCUT2D eigenvalue weighted by Crippen LogP contribution is -2.23. The first-order valence-corrected chi connectivity index (χ1v) is 8.32. The number of aryl methyl sites for hydroxylation is 2. The van der Waals surface area contributed by atoms with Crippen LogP contribution in [0, 0.1) is 0 Å². The Bertz CT molecular complexity index is 577. The first-order valence-electron chi connectivity index (χ1n) is 6.75. The molecule has 110 valence electrons. The highest BCUT2D eigenvalue weighted by Crippen LogP contribution is 2.36. The quantitative estimate of drug-likeness (QED) is 0.857. The molecule has 1 N–H and O–H groups in total. The molecule has 0 aliphatic carbocycles.